The van der Waals surface area contributed by atoms with E-state index in [-0.39, 0.29) is 11.9 Å². The minimum absolute atomic E-state index is 0.0123. The van der Waals surface area contributed by atoms with Crippen molar-refractivity contribution in [1.29, 1.82) is 0 Å². The lowest BCUT2D eigenvalue weighted by Crippen LogP contribution is -2.55. The molecule has 0 aromatic heterocycles. The van der Waals surface area contributed by atoms with Gasteiger partial charge in [-0.1, -0.05) is 35.9 Å². The summed E-state index contributed by atoms with van der Waals surface area (Å²) in [6.07, 6.45) is 0. The smallest absolute Gasteiger partial charge is 0.312 e. The van der Waals surface area contributed by atoms with Gasteiger partial charge in [-0.05, 0) is 49.2 Å². The molecule has 29 heavy (non-hydrogen) atoms. The molecule has 0 radical (unpaired) electrons. The Hall–Kier alpha value is -2.86. The van der Waals surface area contributed by atoms with Crippen molar-refractivity contribution >= 4 is 29.3 Å². The van der Waals surface area contributed by atoms with Gasteiger partial charge in [-0.3, -0.25) is 14.4 Å². The summed E-state index contributed by atoms with van der Waals surface area (Å²) < 4.78 is 0. The summed E-state index contributed by atoms with van der Waals surface area (Å²) in [6, 6.07) is 14.4. The molecule has 1 N–H and O–H groups in total. The van der Waals surface area contributed by atoms with Crippen LogP contribution in [-0.4, -0.2) is 46.7 Å². The maximum atomic E-state index is 12.3. The number of piperazine rings is 1. The fourth-order valence-corrected chi connectivity index (χ4v) is 3.46. The summed E-state index contributed by atoms with van der Waals surface area (Å²) in [4.78, 5) is 40.0. The lowest BCUT2D eigenvalue weighted by Gasteiger charge is -2.36. The molecule has 0 saturated carbocycles. The highest BCUT2D eigenvalue weighted by molar-refractivity contribution is 6.35. The van der Waals surface area contributed by atoms with E-state index in [0.29, 0.717) is 36.8 Å². The minimum Gasteiger partial charge on any atom is -0.348 e. The van der Waals surface area contributed by atoms with Gasteiger partial charge in [-0.2, -0.15) is 0 Å². The van der Waals surface area contributed by atoms with Gasteiger partial charge in [0.05, 0.1) is 0 Å². The van der Waals surface area contributed by atoms with Gasteiger partial charge in [-0.25, -0.2) is 0 Å². The largest absolute Gasteiger partial charge is 0.348 e. The van der Waals surface area contributed by atoms with Crippen molar-refractivity contribution in [1.82, 2.24) is 15.1 Å². The third-order valence-electron chi connectivity index (χ3n) is 4.90. The van der Waals surface area contributed by atoms with E-state index in [1.807, 2.05) is 32.0 Å². The zero-order chi connectivity index (χ0) is 21.0. The first kappa shape index (κ1) is 20.9. The molecule has 1 saturated heterocycles. The molecule has 1 heterocycles. The van der Waals surface area contributed by atoms with Crippen molar-refractivity contribution in [3.8, 4) is 0 Å². The molecule has 0 bridgehead atoms. The minimum atomic E-state index is -0.478. The van der Waals surface area contributed by atoms with Gasteiger partial charge >= 0.3 is 11.8 Å². The van der Waals surface area contributed by atoms with Gasteiger partial charge < -0.3 is 15.1 Å². The van der Waals surface area contributed by atoms with E-state index < -0.39 is 11.8 Å². The zero-order valence-corrected chi connectivity index (χ0v) is 17.3. The van der Waals surface area contributed by atoms with Crippen LogP contribution >= 0.6 is 11.6 Å². The molecule has 6 nitrogen and oxygen atoms in total. The first-order chi connectivity index (χ1) is 13.8. The molecule has 7 heteroatoms. The zero-order valence-electron chi connectivity index (χ0n) is 16.5. The molecule has 1 aliphatic heterocycles. The van der Waals surface area contributed by atoms with E-state index in [2.05, 4.69) is 5.32 Å². The van der Waals surface area contributed by atoms with E-state index in [1.165, 1.54) is 0 Å². The Morgan fingerprint density at radius 2 is 1.76 bits per heavy atom. The van der Waals surface area contributed by atoms with Crippen molar-refractivity contribution in [2.24, 2.45) is 0 Å². The first-order valence-corrected chi connectivity index (χ1v) is 9.94. The normalized spacial score (nSPS) is 14.5. The summed E-state index contributed by atoms with van der Waals surface area (Å²) in [7, 11) is 0. The van der Waals surface area contributed by atoms with Crippen molar-refractivity contribution in [2.75, 3.05) is 13.1 Å². The van der Waals surface area contributed by atoms with Crippen LogP contribution in [0.1, 0.15) is 35.3 Å². The number of nitrogens with zero attached hydrogens (tertiary/aromatic N) is 2. The van der Waals surface area contributed by atoms with Crippen LogP contribution < -0.4 is 5.32 Å². The van der Waals surface area contributed by atoms with Crippen LogP contribution in [0.25, 0.3) is 0 Å². The second-order valence-corrected chi connectivity index (χ2v) is 7.76. The van der Waals surface area contributed by atoms with Crippen LogP contribution in [0.3, 0.4) is 0 Å². The monoisotopic (exact) mass is 413 g/mol. The maximum absolute atomic E-state index is 12.3. The van der Waals surface area contributed by atoms with Gasteiger partial charge in [0.15, 0.2) is 0 Å². The quantitative estimate of drug-likeness (QED) is 0.740. The van der Waals surface area contributed by atoms with Crippen LogP contribution in [-0.2, 0) is 22.7 Å². The number of carbonyl (C=O) groups excluding carboxylic acids is 3. The molecule has 2 aromatic carbocycles. The number of hydrogen-bond acceptors (Lipinski definition) is 3. The van der Waals surface area contributed by atoms with Gasteiger partial charge in [0.2, 0.25) is 0 Å². The predicted molar refractivity (Wildman–Crippen MR) is 111 cm³/mol. The van der Waals surface area contributed by atoms with Gasteiger partial charge in [-0.15, -0.1) is 0 Å². The molecule has 3 amide bonds. The van der Waals surface area contributed by atoms with E-state index in [9.17, 15) is 14.4 Å². The molecule has 3 rings (SSSR count). The van der Waals surface area contributed by atoms with Crippen LogP contribution in [0.5, 0.6) is 0 Å². The Kier molecular flexibility index (Phi) is 6.54. The summed E-state index contributed by atoms with van der Waals surface area (Å²) >= 11 is 5.95. The molecular formula is C22H24ClN3O3. The summed E-state index contributed by atoms with van der Waals surface area (Å²) in [5.41, 5.74) is 2.32. The summed E-state index contributed by atoms with van der Waals surface area (Å²) in [5.74, 6) is -1.12. The number of rotatable bonds is 6. The number of hydrogen-bond donors (Lipinski definition) is 1. The Balaban J connectivity index is 1.56. The van der Waals surface area contributed by atoms with Crippen LogP contribution in [0.2, 0.25) is 5.02 Å². The highest BCUT2D eigenvalue weighted by Crippen LogP contribution is 2.14. The van der Waals surface area contributed by atoms with Crippen molar-refractivity contribution in [3.05, 3.63) is 70.2 Å². The van der Waals surface area contributed by atoms with E-state index in [0.717, 1.165) is 11.1 Å². The molecular weight excluding hydrogens is 390 g/mol. The molecule has 0 unspecified atom stereocenters. The Morgan fingerprint density at radius 1 is 1.03 bits per heavy atom. The Morgan fingerprint density at radius 3 is 2.41 bits per heavy atom. The van der Waals surface area contributed by atoms with E-state index >= 15 is 0 Å². The topological polar surface area (TPSA) is 69.7 Å². The first-order valence-electron chi connectivity index (χ1n) is 9.56. The molecule has 0 spiro atoms. The van der Waals surface area contributed by atoms with E-state index in [1.54, 1.807) is 40.1 Å². The molecule has 1 fully saturated rings. The second kappa shape index (κ2) is 9.09. The third kappa shape index (κ3) is 5.15. The number of halogens is 1. The molecule has 1 aliphatic rings. The summed E-state index contributed by atoms with van der Waals surface area (Å²) in [5, 5.41) is 3.49. The van der Waals surface area contributed by atoms with Gasteiger partial charge in [0.25, 0.3) is 5.91 Å². The predicted octanol–water partition coefficient (Wildman–Crippen LogP) is 2.85. The van der Waals surface area contributed by atoms with Crippen LogP contribution in [0, 0.1) is 0 Å². The standard InChI is InChI=1S/C22H24ClN3O3/c1-15(2)26-11-10-25(21(28)22(26)29)14-16-6-8-18(9-7-16)20(27)24-13-17-4-3-5-19(23)12-17/h3-9,12,15H,10-11,13-14H2,1-2H3,(H,24,27). The fraction of sp³-hybridized carbons (Fsp3) is 0.318. The van der Waals surface area contributed by atoms with Crippen molar-refractivity contribution in [2.45, 2.75) is 33.0 Å². The Bertz CT molecular complexity index is 912. The lowest BCUT2D eigenvalue weighted by molar-refractivity contribution is -0.157. The SMILES string of the molecule is CC(C)N1CCN(Cc2ccc(C(=O)NCc3cccc(Cl)c3)cc2)C(=O)C1=O. The molecule has 152 valence electrons. The maximum Gasteiger partial charge on any atom is 0.312 e. The Labute approximate surface area is 175 Å². The molecule has 0 atom stereocenters. The number of nitrogens with one attached hydrogen (secondary N) is 1. The van der Waals surface area contributed by atoms with Crippen molar-refractivity contribution < 1.29 is 14.4 Å². The lowest BCUT2D eigenvalue weighted by atomic mass is 10.1. The molecule has 0 aliphatic carbocycles. The average Bonchev–Trinajstić information content (AvgIpc) is 2.70. The van der Waals surface area contributed by atoms with Crippen LogP contribution in [0.4, 0.5) is 0 Å². The van der Waals surface area contributed by atoms with Crippen LogP contribution in [0.15, 0.2) is 48.5 Å². The number of amides is 3. The average molecular weight is 414 g/mol. The number of benzene rings is 2. The highest BCUT2D eigenvalue weighted by Gasteiger charge is 2.33. The fourth-order valence-electron chi connectivity index (χ4n) is 3.25. The highest BCUT2D eigenvalue weighted by atomic mass is 35.5. The van der Waals surface area contributed by atoms with E-state index in [4.69, 9.17) is 11.6 Å². The van der Waals surface area contributed by atoms with Gasteiger partial charge in [0.1, 0.15) is 0 Å². The van der Waals surface area contributed by atoms with Gasteiger partial charge in [0, 0.05) is 42.8 Å². The van der Waals surface area contributed by atoms with Crippen molar-refractivity contribution in [3.63, 3.8) is 0 Å². The molecule has 2 aromatic rings. The second-order valence-electron chi connectivity index (χ2n) is 7.33. The summed E-state index contributed by atoms with van der Waals surface area (Å²) in [6.45, 7) is 5.57. The number of carbonyl (C=O) groups is 3. The third-order valence-corrected chi connectivity index (χ3v) is 5.13.